The molecule has 1 aromatic carbocycles. The molecule has 0 saturated carbocycles. The van der Waals surface area contributed by atoms with E-state index in [4.69, 9.17) is 4.74 Å². The van der Waals surface area contributed by atoms with Gasteiger partial charge in [0.15, 0.2) is 0 Å². The zero-order valence-corrected chi connectivity index (χ0v) is 12.6. The number of urea groups is 1. The van der Waals surface area contributed by atoms with Gasteiger partial charge < -0.3 is 4.74 Å². The van der Waals surface area contributed by atoms with Gasteiger partial charge in [0.2, 0.25) is 6.29 Å². The fourth-order valence-corrected chi connectivity index (χ4v) is 2.01. The summed E-state index contributed by atoms with van der Waals surface area (Å²) in [6.07, 6.45) is 4.42. The molecular formula is C16H18N3O4. The summed E-state index contributed by atoms with van der Waals surface area (Å²) >= 11 is 0. The highest BCUT2D eigenvalue weighted by Gasteiger charge is 2.22. The number of amides is 3. The van der Waals surface area contributed by atoms with Crippen molar-refractivity contribution in [2.24, 2.45) is 0 Å². The number of hydrogen-bond donors (Lipinski definition) is 1. The molecule has 1 radical (unpaired) electrons. The van der Waals surface area contributed by atoms with Crippen molar-refractivity contribution >= 4 is 24.3 Å². The van der Waals surface area contributed by atoms with Crippen LogP contribution in [0.15, 0.2) is 36.4 Å². The molecule has 1 N–H and O–H groups in total. The molecule has 23 heavy (non-hydrogen) atoms. The third-order valence-corrected chi connectivity index (χ3v) is 3.22. The van der Waals surface area contributed by atoms with Gasteiger partial charge in [-0.05, 0) is 11.6 Å². The van der Waals surface area contributed by atoms with Crippen molar-refractivity contribution in [2.45, 2.75) is 0 Å². The van der Waals surface area contributed by atoms with Gasteiger partial charge in [-0.2, -0.15) is 0 Å². The first-order valence-electron chi connectivity index (χ1n) is 7.23. The third-order valence-electron chi connectivity index (χ3n) is 3.22. The van der Waals surface area contributed by atoms with Gasteiger partial charge >= 0.3 is 6.03 Å². The first-order chi connectivity index (χ1) is 11.2. The van der Waals surface area contributed by atoms with Crippen LogP contribution in [0.3, 0.4) is 0 Å². The lowest BCUT2D eigenvalue weighted by Crippen LogP contribution is -2.54. The topological polar surface area (TPSA) is 79.0 Å². The number of hydrogen-bond acceptors (Lipinski definition) is 5. The first kappa shape index (κ1) is 16.9. The molecule has 2 rings (SSSR count). The van der Waals surface area contributed by atoms with Crippen molar-refractivity contribution in [1.82, 2.24) is 15.3 Å². The maximum atomic E-state index is 12.2. The van der Waals surface area contributed by atoms with Gasteiger partial charge in [0.05, 0.1) is 19.8 Å². The molecule has 1 saturated heterocycles. The fraction of sp³-hybridized carbons (Fsp3) is 0.312. The van der Waals surface area contributed by atoms with Crippen LogP contribution in [0.5, 0.6) is 0 Å². The lowest BCUT2D eigenvalue weighted by atomic mass is 10.2. The summed E-state index contributed by atoms with van der Waals surface area (Å²) in [6.45, 7) is 1.63. The Morgan fingerprint density at radius 2 is 1.96 bits per heavy atom. The van der Waals surface area contributed by atoms with Gasteiger partial charge in [-0.3, -0.25) is 19.9 Å². The molecular weight excluding hydrogens is 298 g/mol. The van der Waals surface area contributed by atoms with Gasteiger partial charge in [0, 0.05) is 19.2 Å². The summed E-state index contributed by atoms with van der Waals surface area (Å²) in [5.41, 5.74) is 3.41. The normalized spacial score (nSPS) is 15.3. The van der Waals surface area contributed by atoms with Crippen molar-refractivity contribution in [3.8, 4) is 0 Å². The summed E-state index contributed by atoms with van der Waals surface area (Å²) < 4.78 is 5.18. The number of carbonyl (C=O) groups excluding carboxylic acids is 3. The van der Waals surface area contributed by atoms with Crippen LogP contribution in [0.4, 0.5) is 4.79 Å². The van der Waals surface area contributed by atoms with E-state index in [0.29, 0.717) is 26.3 Å². The molecule has 1 heterocycles. The molecule has 0 unspecified atom stereocenters. The van der Waals surface area contributed by atoms with E-state index in [9.17, 15) is 14.4 Å². The lowest BCUT2D eigenvalue weighted by molar-refractivity contribution is -0.123. The lowest BCUT2D eigenvalue weighted by Gasteiger charge is -2.29. The highest BCUT2D eigenvalue weighted by atomic mass is 16.5. The van der Waals surface area contributed by atoms with Gasteiger partial charge in [0.25, 0.3) is 5.91 Å². The van der Waals surface area contributed by atoms with E-state index in [1.807, 2.05) is 30.3 Å². The van der Waals surface area contributed by atoms with Gasteiger partial charge in [0.1, 0.15) is 0 Å². The SMILES string of the molecule is O=[C]CN(C(=O)C=Cc1ccccc1)C(=O)NN1CCOCC1. The second kappa shape index (κ2) is 8.82. The van der Waals surface area contributed by atoms with Crippen LogP contribution in [0, 0.1) is 0 Å². The molecule has 7 heteroatoms. The van der Waals surface area contributed by atoms with Crippen LogP contribution >= 0.6 is 0 Å². The molecule has 0 bridgehead atoms. The molecule has 7 nitrogen and oxygen atoms in total. The van der Waals surface area contributed by atoms with Crippen LogP contribution in [0.2, 0.25) is 0 Å². The molecule has 0 aliphatic carbocycles. The Morgan fingerprint density at radius 1 is 1.26 bits per heavy atom. The number of rotatable bonds is 5. The predicted molar refractivity (Wildman–Crippen MR) is 83.8 cm³/mol. The van der Waals surface area contributed by atoms with E-state index < -0.39 is 18.5 Å². The second-order valence-corrected chi connectivity index (χ2v) is 4.83. The second-order valence-electron chi connectivity index (χ2n) is 4.83. The summed E-state index contributed by atoms with van der Waals surface area (Å²) in [5, 5.41) is 1.65. The van der Waals surface area contributed by atoms with E-state index in [0.717, 1.165) is 10.5 Å². The van der Waals surface area contributed by atoms with E-state index >= 15 is 0 Å². The number of benzene rings is 1. The number of imide groups is 1. The quantitative estimate of drug-likeness (QED) is 0.805. The maximum Gasteiger partial charge on any atom is 0.339 e. The molecule has 1 fully saturated rings. The van der Waals surface area contributed by atoms with Gasteiger partial charge in [-0.15, -0.1) is 0 Å². The largest absolute Gasteiger partial charge is 0.379 e. The zero-order valence-electron chi connectivity index (χ0n) is 12.6. The monoisotopic (exact) mass is 316 g/mol. The number of morpholine rings is 1. The minimum atomic E-state index is -0.655. The molecule has 0 aromatic heterocycles. The number of carbonyl (C=O) groups is 2. The molecule has 0 spiro atoms. The van der Waals surface area contributed by atoms with E-state index in [1.165, 1.54) is 6.08 Å². The Hall–Kier alpha value is -2.51. The fourth-order valence-electron chi connectivity index (χ4n) is 2.01. The van der Waals surface area contributed by atoms with Gasteiger partial charge in [-0.1, -0.05) is 30.3 Å². The van der Waals surface area contributed by atoms with Crippen LogP contribution in [0.1, 0.15) is 5.56 Å². The Bertz CT molecular complexity index is 568. The highest BCUT2D eigenvalue weighted by molar-refractivity contribution is 6.03. The van der Waals surface area contributed by atoms with Crippen molar-refractivity contribution < 1.29 is 19.1 Å². The molecule has 1 aliphatic heterocycles. The Morgan fingerprint density at radius 3 is 2.61 bits per heavy atom. The maximum absolute atomic E-state index is 12.2. The predicted octanol–water partition coefficient (Wildman–Crippen LogP) is 0.595. The van der Waals surface area contributed by atoms with Crippen LogP contribution in [-0.4, -0.2) is 61.0 Å². The van der Waals surface area contributed by atoms with Crippen LogP contribution < -0.4 is 5.43 Å². The van der Waals surface area contributed by atoms with E-state index in [1.54, 1.807) is 17.4 Å². The summed E-state index contributed by atoms with van der Waals surface area (Å²) in [4.78, 5) is 35.7. The smallest absolute Gasteiger partial charge is 0.339 e. The van der Waals surface area contributed by atoms with E-state index in [-0.39, 0.29) is 0 Å². The van der Waals surface area contributed by atoms with Crippen molar-refractivity contribution in [3.63, 3.8) is 0 Å². The minimum Gasteiger partial charge on any atom is -0.379 e. The Kier molecular flexibility index (Phi) is 6.46. The first-order valence-corrected chi connectivity index (χ1v) is 7.23. The molecule has 1 aromatic rings. The van der Waals surface area contributed by atoms with E-state index in [2.05, 4.69) is 5.43 Å². The number of nitrogens with one attached hydrogen (secondary N) is 1. The minimum absolute atomic E-state index is 0.422. The number of hydrazine groups is 1. The Labute approximate surface area is 134 Å². The average Bonchev–Trinajstić information content (AvgIpc) is 2.59. The van der Waals surface area contributed by atoms with Crippen molar-refractivity contribution in [3.05, 3.63) is 42.0 Å². The van der Waals surface area contributed by atoms with Crippen molar-refractivity contribution in [2.75, 3.05) is 32.8 Å². The highest BCUT2D eigenvalue weighted by Crippen LogP contribution is 2.03. The summed E-state index contributed by atoms with van der Waals surface area (Å²) in [7, 11) is 0. The molecule has 1 aliphatic rings. The Balaban J connectivity index is 1.98. The zero-order chi connectivity index (χ0) is 16.5. The molecule has 121 valence electrons. The third kappa shape index (κ3) is 5.32. The average molecular weight is 316 g/mol. The van der Waals surface area contributed by atoms with Gasteiger partial charge in [-0.25, -0.2) is 9.80 Å². The number of ether oxygens (including phenoxy) is 1. The summed E-state index contributed by atoms with van der Waals surface area (Å²) in [5.74, 6) is -0.581. The van der Waals surface area contributed by atoms with Crippen LogP contribution in [-0.2, 0) is 14.3 Å². The standard InChI is InChI=1S/C16H18N3O4/c20-11-8-19(16(22)17-18-9-12-23-13-10-18)15(21)7-6-14-4-2-1-3-5-14/h1-7H,8-10,12-13H2,(H,17,22). The molecule has 3 amide bonds. The molecule has 0 atom stereocenters. The summed E-state index contributed by atoms with van der Waals surface area (Å²) in [6, 6.07) is 8.54. The number of nitrogens with zero attached hydrogens (tertiary/aromatic N) is 2. The van der Waals surface area contributed by atoms with Crippen molar-refractivity contribution in [1.29, 1.82) is 0 Å². The van der Waals surface area contributed by atoms with Crippen LogP contribution in [0.25, 0.3) is 6.08 Å².